The van der Waals surface area contributed by atoms with Gasteiger partial charge in [0.25, 0.3) is 5.56 Å². The second-order valence-corrected chi connectivity index (χ2v) is 7.72. The fourth-order valence-corrected chi connectivity index (χ4v) is 3.66. The van der Waals surface area contributed by atoms with Crippen LogP contribution in [0, 0.1) is 11.6 Å². The zero-order valence-corrected chi connectivity index (χ0v) is 18.5. The second kappa shape index (κ2) is 9.72. The zero-order valence-electron chi connectivity index (χ0n) is 18.5. The van der Waals surface area contributed by atoms with E-state index in [9.17, 15) is 28.0 Å². The first kappa shape index (κ1) is 23.6. The molecule has 0 unspecified atom stereocenters. The summed E-state index contributed by atoms with van der Waals surface area (Å²) in [5.41, 5.74) is -0.431. The Morgan fingerprint density at radius 1 is 0.914 bits per heavy atom. The fourth-order valence-electron chi connectivity index (χ4n) is 3.66. The number of carbonyl (C=O) groups excluding carboxylic acids is 2. The van der Waals surface area contributed by atoms with E-state index in [0.717, 1.165) is 21.3 Å². The van der Waals surface area contributed by atoms with Crippen molar-refractivity contribution in [2.24, 2.45) is 0 Å². The molecular weight excluding hydrogens is 458 g/mol. The number of nitrogens with zero attached hydrogens (tertiary/aromatic N) is 2. The van der Waals surface area contributed by atoms with Crippen molar-refractivity contribution in [2.45, 2.75) is 13.0 Å². The molecule has 2 N–H and O–H groups in total. The van der Waals surface area contributed by atoms with Crippen LogP contribution in [0.3, 0.4) is 0 Å². The largest absolute Gasteiger partial charge is 0.359 e. The van der Waals surface area contributed by atoms with Crippen molar-refractivity contribution in [3.63, 3.8) is 0 Å². The van der Waals surface area contributed by atoms with E-state index < -0.39 is 35.3 Å². The fraction of sp³-hybridized carbons (Fsp3) is 0.120. The number of halogens is 2. The maximum Gasteiger partial charge on any atom is 0.336 e. The van der Waals surface area contributed by atoms with E-state index >= 15 is 0 Å². The van der Waals surface area contributed by atoms with E-state index in [4.69, 9.17) is 0 Å². The lowest BCUT2D eigenvalue weighted by molar-refractivity contribution is -0.120. The Morgan fingerprint density at radius 2 is 1.63 bits per heavy atom. The van der Waals surface area contributed by atoms with E-state index in [1.165, 1.54) is 31.3 Å². The standard InChI is InChI=1S/C25H20F2N4O4/c1-28-22(32)12-15-6-9-17(10-7-15)31-24(34)18-4-2-3-5-21(18)30(25(31)35)14-23(33)29-20-11-8-16(26)13-19(20)27/h2-11,13H,12,14H2,1H3,(H,28,32)(H,29,33). The number of aromatic nitrogens is 2. The summed E-state index contributed by atoms with van der Waals surface area (Å²) in [6.45, 7) is -0.523. The van der Waals surface area contributed by atoms with Gasteiger partial charge in [-0.1, -0.05) is 24.3 Å². The molecule has 0 radical (unpaired) electrons. The summed E-state index contributed by atoms with van der Waals surface area (Å²) in [6.07, 6.45) is 0.133. The highest BCUT2D eigenvalue weighted by Crippen LogP contribution is 2.16. The van der Waals surface area contributed by atoms with Crippen molar-refractivity contribution in [3.05, 3.63) is 105 Å². The third kappa shape index (κ3) is 4.86. The molecule has 1 heterocycles. The van der Waals surface area contributed by atoms with Crippen LogP contribution >= 0.6 is 0 Å². The van der Waals surface area contributed by atoms with Crippen molar-refractivity contribution >= 4 is 28.4 Å². The number of anilines is 1. The first-order valence-corrected chi connectivity index (χ1v) is 10.6. The van der Waals surface area contributed by atoms with Gasteiger partial charge >= 0.3 is 5.69 Å². The third-order valence-electron chi connectivity index (χ3n) is 5.40. The maximum absolute atomic E-state index is 14.0. The minimum Gasteiger partial charge on any atom is -0.359 e. The molecule has 0 spiro atoms. The topological polar surface area (TPSA) is 102 Å². The summed E-state index contributed by atoms with van der Waals surface area (Å²) in [5, 5.41) is 5.03. The predicted molar refractivity (Wildman–Crippen MR) is 127 cm³/mol. The minimum atomic E-state index is -0.961. The molecule has 10 heteroatoms. The smallest absolute Gasteiger partial charge is 0.336 e. The number of benzene rings is 3. The van der Waals surface area contributed by atoms with Crippen molar-refractivity contribution in [3.8, 4) is 5.69 Å². The van der Waals surface area contributed by atoms with Crippen molar-refractivity contribution in [2.75, 3.05) is 12.4 Å². The first-order valence-electron chi connectivity index (χ1n) is 10.6. The molecule has 0 aliphatic rings. The molecule has 0 bridgehead atoms. The highest BCUT2D eigenvalue weighted by atomic mass is 19.1. The summed E-state index contributed by atoms with van der Waals surface area (Å²) in [5.74, 6) is -2.69. The van der Waals surface area contributed by atoms with E-state index in [1.807, 2.05) is 0 Å². The van der Waals surface area contributed by atoms with Crippen LogP contribution in [-0.2, 0) is 22.6 Å². The van der Waals surface area contributed by atoms with Crippen LogP contribution < -0.4 is 21.9 Å². The molecule has 0 atom stereocenters. The molecule has 0 fully saturated rings. The van der Waals surface area contributed by atoms with Gasteiger partial charge in [-0.25, -0.2) is 18.1 Å². The lowest BCUT2D eigenvalue weighted by Crippen LogP contribution is -2.40. The number of amides is 2. The highest BCUT2D eigenvalue weighted by Gasteiger charge is 2.17. The van der Waals surface area contributed by atoms with E-state index in [-0.39, 0.29) is 34.6 Å². The van der Waals surface area contributed by atoms with Crippen molar-refractivity contribution in [1.29, 1.82) is 0 Å². The van der Waals surface area contributed by atoms with E-state index in [0.29, 0.717) is 11.6 Å². The molecule has 2 amide bonds. The van der Waals surface area contributed by atoms with Gasteiger partial charge in [-0.05, 0) is 42.0 Å². The summed E-state index contributed by atoms with van der Waals surface area (Å²) in [7, 11) is 1.52. The van der Waals surface area contributed by atoms with Crippen molar-refractivity contribution in [1.82, 2.24) is 14.5 Å². The van der Waals surface area contributed by atoms with Gasteiger partial charge in [-0.3, -0.25) is 19.0 Å². The van der Waals surface area contributed by atoms with Gasteiger partial charge in [0.15, 0.2) is 0 Å². The number of likely N-dealkylation sites (N-methyl/N-ethyl adjacent to an activating group) is 1. The Kier molecular flexibility index (Phi) is 6.54. The average Bonchev–Trinajstić information content (AvgIpc) is 2.84. The van der Waals surface area contributed by atoms with Gasteiger partial charge in [0, 0.05) is 13.1 Å². The average molecular weight is 478 g/mol. The molecule has 0 saturated heterocycles. The molecule has 4 rings (SSSR count). The van der Waals surface area contributed by atoms with Gasteiger partial charge in [-0.15, -0.1) is 0 Å². The van der Waals surface area contributed by atoms with Crippen LogP contribution in [-0.4, -0.2) is 28.0 Å². The molecule has 35 heavy (non-hydrogen) atoms. The number of rotatable bonds is 6. The van der Waals surface area contributed by atoms with Crippen molar-refractivity contribution < 1.29 is 18.4 Å². The molecule has 0 aliphatic carbocycles. The van der Waals surface area contributed by atoms with Gasteiger partial charge < -0.3 is 10.6 Å². The number of hydrogen-bond acceptors (Lipinski definition) is 4. The normalized spacial score (nSPS) is 10.8. The Hall–Kier alpha value is -4.60. The Labute approximate surface area is 197 Å². The summed E-state index contributed by atoms with van der Waals surface area (Å²) >= 11 is 0. The van der Waals surface area contributed by atoms with Crippen LogP contribution in [0.25, 0.3) is 16.6 Å². The lowest BCUT2D eigenvalue weighted by Gasteiger charge is -2.15. The Balaban J connectivity index is 1.75. The van der Waals surface area contributed by atoms with Gasteiger partial charge in [0.2, 0.25) is 11.8 Å². The number of carbonyl (C=O) groups is 2. The molecule has 4 aromatic rings. The second-order valence-electron chi connectivity index (χ2n) is 7.72. The Morgan fingerprint density at radius 3 is 2.31 bits per heavy atom. The monoisotopic (exact) mass is 478 g/mol. The van der Waals surface area contributed by atoms with E-state index in [1.54, 1.807) is 24.3 Å². The number of hydrogen-bond donors (Lipinski definition) is 2. The summed E-state index contributed by atoms with van der Waals surface area (Å²) < 4.78 is 29.2. The molecule has 3 aromatic carbocycles. The summed E-state index contributed by atoms with van der Waals surface area (Å²) in [4.78, 5) is 50.8. The van der Waals surface area contributed by atoms with E-state index in [2.05, 4.69) is 10.6 Å². The Bertz CT molecular complexity index is 1560. The zero-order chi connectivity index (χ0) is 25.1. The van der Waals surface area contributed by atoms with Crippen LogP contribution in [0.15, 0.2) is 76.3 Å². The molecule has 0 aliphatic heterocycles. The lowest BCUT2D eigenvalue weighted by atomic mass is 10.1. The predicted octanol–water partition coefficient (Wildman–Crippen LogP) is 2.36. The molecular formula is C25H20F2N4O4. The van der Waals surface area contributed by atoms with Crippen LogP contribution in [0.1, 0.15) is 5.56 Å². The van der Waals surface area contributed by atoms with Gasteiger partial charge in [-0.2, -0.15) is 0 Å². The van der Waals surface area contributed by atoms with Crippen LogP contribution in [0.2, 0.25) is 0 Å². The van der Waals surface area contributed by atoms with Gasteiger partial charge in [0.05, 0.1) is 28.7 Å². The first-order chi connectivity index (χ1) is 16.8. The third-order valence-corrected chi connectivity index (χ3v) is 5.40. The molecule has 8 nitrogen and oxygen atoms in total. The van der Waals surface area contributed by atoms with Crippen LogP contribution in [0.4, 0.5) is 14.5 Å². The number of nitrogens with one attached hydrogen (secondary N) is 2. The highest BCUT2D eigenvalue weighted by molar-refractivity contribution is 5.91. The summed E-state index contributed by atoms with van der Waals surface area (Å²) in [6, 6.07) is 15.3. The quantitative estimate of drug-likeness (QED) is 0.444. The van der Waals surface area contributed by atoms with Crippen LogP contribution in [0.5, 0.6) is 0 Å². The van der Waals surface area contributed by atoms with Gasteiger partial charge in [0.1, 0.15) is 18.2 Å². The minimum absolute atomic E-state index is 0.133. The molecule has 178 valence electrons. The molecule has 0 saturated carbocycles. The SMILES string of the molecule is CNC(=O)Cc1ccc(-n2c(=O)c3ccccc3n(CC(=O)Nc3ccc(F)cc3F)c2=O)cc1. The molecule has 1 aromatic heterocycles. The number of para-hydroxylation sites is 1. The maximum atomic E-state index is 14.0. The number of fused-ring (bicyclic) bond motifs is 1.